The molecule has 0 saturated carbocycles. The van der Waals surface area contributed by atoms with Gasteiger partial charge in [0.05, 0.1) is 11.0 Å². The van der Waals surface area contributed by atoms with Crippen LogP contribution in [0.4, 0.5) is 18.9 Å². The van der Waals surface area contributed by atoms with Gasteiger partial charge in [-0.25, -0.2) is 0 Å². The fraction of sp³-hybridized carbons (Fsp3) is 0.222. The summed E-state index contributed by atoms with van der Waals surface area (Å²) in [5.41, 5.74) is -4.79. The van der Waals surface area contributed by atoms with E-state index >= 15 is 0 Å². The number of phenolic OH excluding ortho intramolecular Hbond substituents is 1. The van der Waals surface area contributed by atoms with Gasteiger partial charge in [0.15, 0.2) is 16.6 Å². The van der Waals surface area contributed by atoms with E-state index in [1.807, 2.05) is 0 Å². The second-order valence-electron chi connectivity index (χ2n) is 6.55. The third kappa shape index (κ3) is 3.66. The van der Waals surface area contributed by atoms with E-state index < -0.39 is 51.1 Å². The molecule has 12 heteroatoms. The molecule has 0 amide bonds. The number of aromatic hydroxyl groups is 1. The quantitative estimate of drug-likeness (QED) is 0.247. The van der Waals surface area contributed by atoms with E-state index in [4.69, 9.17) is 12.2 Å². The van der Waals surface area contributed by atoms with Gasteiger partial charge in [0, 0.05) is 11.6 Å². The van der Waals surface area contributed by atoms with Gasteiger partial charge in [-0.05, 0) is 23.8 Å². The number of carbonyl (C=O) groups is 1. The van der Waals surface area contributed by atoms with Crippen molar-refractivity contribution in [3.8, 4) is 5.75 Å². The van der Waals surface area contributed by atoms with Crippen molar-refractivity contribution < 1.29 is 33.1 Å². The summed E-state index contributed by atoms with van der Waals surface area (Å²) in [5, 5.41) is 35.0. The Morgan fingerprint density at radius 2 is 1.83 bits per heavy atom. The van der Waals surface area contributed by atoms with Crippen LogP contribution in [0.2, 0.25) is 0 Å². The SMILES string of the molecule is O=C(c1ccccc1)[C@@H]1[C@@H](c2ccc(O)c([N+](=O)[O-])c2)NC(=S)N[C@@]1(O)C(F)(F)F. The molecule has 1 fully saturated rings. The van der Waals surface area contributed by atoms with Crippen LogP contribution in [0.25, 0.3) is 0 Å². The first-order chi connectivity index (χ1) is 14.0. The van der Waals surface area contributed by atoms with Crippen LogP contribution in [0.5, 0.6) is 5.75 Å². The van der Waals surface area contributed by atoms with Crippen molar-refractivity contribution in [3.63, 3.8) is 0 Å². The van der Waals surface area contributed by atoms with E-state index in [1.165, 1.54) is 24.3 Å². The molecule has 1 heterocycles. The van der Waals surface area contributed by atoms with Crippen LogP contribution in [0, 0.1) is 16.0 Å². The van der Waals surface area contributed by atoms with Gasteiger partial charge in [-0.3, -0.25) is 14.9 Å². The van der Waals surface area contributed by atoms with Crippen molar-refractivity contribution in [1.82, 2.24) is 10.6 Å². The molecule has 0 bridgehead atoms. The van der Waals surface area contributed by atoms with Gasteiger partial charge in [0.1, 0.15) is 5.92 Å². The minimum atomic E-state index is -5.32. The number of hydrogen-bond acceptors (Lipinski definition) is 6. The summed E-state index contributed by atoms with van der Waals surface area (Å²) in [6, 6.07) is 8.25. The number of alkyl halides is 3. The molecule has 1 aliphatic heterocycles. The Hall–Kier alpha value is -3.25. The van der Waals surface area contributed by atoms with E-state index in [2.05, 4.69) is 5.32 Å². The van der Waals surface area contributed by atoms with Crippen molar-refractivity contribution in [2.45, 2.75) is 17.9 Å². The standard InChI is InChI=1S/C18H14F3N3O5S/c19-18(20,21)17(27)13(15(26)9-4-2-1-3-5-9)14(22-16(30)23-17)10-6-7-12(25)11(8-10)24(28)29/h1-8,13-14,25,27H,(H2,22,23,30)/t13-,14+,17-/m0/s1. The highest BCUT2D eigenvalue weighted by molar-refractivity contribution is 7.80. The molecule has 0 spiro atoms. The molecule has 158 valence electrons. The number of nitrogens with one attached hydrogen (secondary N) is 2. The average Bonchev–Trinajstić information content (AvgIpc) is 2.67. The van der Waals surface area contributed by atoms with E-state index in [-0.39, 0.29) is 11.1 Å². The highest BCUT2D eigenvalue weighted by atomic mass is 32.1. The number of Topliss-reactive ketones (excluding diaryl/α,β-unsaturated/α-hetero) is 1. The molecule has 2 aromatic rings. The Kier molecular flexibility index (Phi) is 5.39. The number of carbonyl (C=O) groups excluding carboxylic acids is 1. The molecule has 4 N–H and O–H groups in total. The lowest BCUT2D eigenvalue weighted by Crippen LogP contribution is -2.72. The first kappa shape index (κ1) is 21.5. The van der Waals surface area contributed by atoms with Crippen molar-refractivity contribution in [2.75, 3.05) is 0 Å². The molecule has 1 aliphatic rings. The predicted octanol–water partition coefficient (Wildman–Crippen LogP) is 2.57. The Morgan fingerprint density at radius 1 is 1.20 bits per heavy atom. The molecule has 0 unspecified atom stereocenters. The smallest absolute Gasteiger partial charge is 0.437 e. The van der Waals surface area contributed by atoms with Gasteiger partial charge in [-0.1, -0.05) is 36.4 Å². The largest absolute Gasteiger partial charge is 0.502 e. The second-order valence-corrected chi connectivity index (χ2v) is 6.96. The zero-order chi connectivity index (χ0) is 22.3. The van der Waals surface area contributed by atoms with Crippen LogP contribution in [-0.4, -0.2) is 37.9 Å². The van der Waals surface area contributed by atoms with Gasteiger partial charge in [-0.15, -0.1) is 0 Å². The summed E-state index contributed by atoms with van der Waals surface area (Å²) in [6.07, 6.45) is -5.32. The normalized spacial score (nSPS) is 23.9. The van der Waals surface area contributed by atoms with Crippen LogP contribution >= 0.6 is 12.2 Å². The van der Waals surface area contributed by atoms with Crippen LogP contribution in [0.1, 0.15) is 22.0 Å². The van der Waals surface area contributed by atoms with Crippen LogP contribution in [-0.2, 0) is 0 Å². The first-order valence-corrected chi connectivity index (χ1v) is 8.81. The molecule has 1 saturated heterocycles. The summed E-state index contributed by atoms with van der Waals surface area (Å²) in [5.74, 6) is -3.98. The van der Waals surface area contributed by atoms with Gasteiger partial charge in [-0.2, -0.15) is 13.2 Å². The molecule has 0 aliphatic carbocycles. The van der Waals surface area contributed by atoms with Gasteiger partial charge < -0.3 is 20.8 Å². The number of rotatable bonds is 4. The second kappa shape index (κ2) is 7.54. The maximum Gasteiger partial charge on any atom is 0.437 e. The van der Waals surface area contributed by atoms with Crippen molar-refractivity contribution in [3.05, 3.63) is 69.8 Å². The lowest BCUT2D eigenvalue weighted by molar-refractivity contribution is -0.386. The van der Waals surface area contributed by atoms with Crippen molar-refractivity contribution in [2.24, 2.45) is 5.92 Å². The molecule has 3 rings (SSSR count). The summed E-state index contributed by atoms with van der Waals surface area (Å²) >= 11 is 4.79. The number of hydrogen-bond donors (Lipinski definition) is 4. The number of phenols is 1. The van der Waals surface area contributed by atoms with E-state index in [0.717, 1.165) is 18.2 Å². The van der Waals surface area contributed by atoms with Crippen molar-refractivity contribution in [1.29, 1.82) is 0 Å². The highest BCUT2D eigenvalue weighted by Crippen LogP contribution is 2.44. The maximum absolute atomic E-state index is 13.9. The van der Waals surface area contributed by atoms with Crippen LogP contribution < -0.4 is 10.6 Å². The van der Waals surface area contributed by atoms with Gasteiger partial charge in [0.2, 0.25) is 5.72 Å². The number of aliphatic hydroxyl groups is 1. The lowest BCUT2D eigenvalue weighted by Gasteiger charge is -2.46. The molecule has 30 heavy (non-hydrogen) atoms. The maximum atomic E-state index is 13.9. The summed E-state index contributed by atoms with van der Waals surface area (Å²) in [6.45, 7) is 0. The Balaban J connectivity index is 2.20. The predicted molar refractivity (Wildman–Crippen MR) is 102 cm³/mol. The van der Waals surface area contributed by atoms with E-state index in [9.17, 15) is 38.3 Å². The lowest BCUT2D eigenvalue weighted by atomic mass is 9.77. The van der Waals surface area contributed by atoms with Gasteiger partial charge >= 0.3 is 11.9 Å². The highest BCUT2D eigenvalue weighted by Gasteiger charge is 2.65. The molecule has 3 atom stereocenters. The van der Waals surface area contributed by atoms with E-state index in [0.29, 0.717) is 0 Å². The third-order valence-corrected chi connectivity index (χ3v) is 4.92. The van der Waals surface area contributed by atoms with Gasteiger partial charge in [0.25, 0.3) is 0 Å². The first-order valence-electron chi connectivity index (χ1n) is 8.40. The van der Waals surface area contributed by atoms with Crippen LogP contribution in [0.3, 0.4) is 0 Å². The summed E-state index contributed by atoms with van der Waals surface area (Å²) in [4.78, 5) is 23.3. The average molecular weight is 441 g/mol. The number of ketones is 1. The van der Waals surface area contributed by atoms with Crippen molar-refractivity contribution >= 4 is 28.8 Å². The summed E-state index contributed by atoms with van der Waals surface area (Å²) < 4.78 is 41.7. The Labute approximate surface area is 172 Å². The monoisotopic (exact) mass is 441 g/mol. The molecule has 0 aromatic heterocycles. The minimum absolute atomic E-state index is 0.111. The number of benzene rings is 2. The zero-order valence-electron chi connectivity index (χ0n) is 14.9. The molecular formula is C18H14F3N3O5S. The number of nitro groups is 1. The Morgan fingerprint density at radius 3 is 2.40 bits per heavy atom. The zero-order valence-corrected chi connectivity index (χ0v) is 15.7. The fourth-order valence-corrected chi connectivity index (χ4v) is 3.56. The Bertz CT molecular complexity index is 1020. The third-order valence-electron chi connectivity index (χ3n) is 4.70. The number of nitrogens with zero attached hydrogens (tertiary/aromatic N) is 1. The van der Waals surface area contributed by atoms with Crippen LogP contribution in [0.15, 0.2) is 48.5 Å². The molecule has 0 radical (unpaired) electrons. The number of thiocarbonyl (C=S) groups is 1. The molecular weight excluding hydrogens is 427 g/mol. The molecule has 2 aromatic carbocycles. The van der Waals surface area contributed by atoms with E-state index in [1.54, 1.807) is 11.4 Å². The minimum Gasteiger partial charge on any atom is -0.502 e. The number of halogens is 3. The molecule has 8 nitrogen and oxygen atoms in total. The fourth-order valence-electron chi connectivity index (χ4n) is 3.28. The number of nitro benzene ring substituents is 1. The topological polar surface area (TPSA) is 125 Å². The summed E-state index contributed by atoms with van der Waals surface area (Å²) in [7, 11) is 0.